The molecule has 0 radical (unpaired) electrons. The maximum atomic E-state index is 12.7. The lowest BCUT2D eigenvalue weighted by atomic mass is 10.1. The normalized spacial score (nSPS) is 11.4. The van der Waals surface area contributed by atoms with Gasteiger partial charge in [-0.25, -0.2) is 0 Å². The number of hydrogen-bond acceptors (Lipinski definition) is 7. The smallest absolute Gasteiger partial charge is 0.163 e. The number of ether oxygens (including phenoxy) is 4. The highest BCUT2D eigenvalue weighted by Crippen LogP contribution is 2.31. The highest BCUT2D eigenvalue weighted by atomic mass is 16.5. The fraction of sp³-hybridized carbons (Fsp3) is 0.250. The fourth-order valence-corrected chi connectivity index (χ4v) is 4.20. The Morgan fingerprint density at radius 3 is 1.89 bits per heavy atom. The van der Waals surface area contributed by atoms with E-state index in [0.717, 1.165) is 41.5 Å². The molecule has 246 valence electrons. The van der Waals surface area contributed by atoms with Crippen LogP contribution in [0, 0.1) is 0 Å². The fourth-order valence-electron chi connectivity index (χ4n) is 4.20. The van der Waals surface area contributed by atoms with Crippen LogP contribution in [-0.2, 0) is 16.2 Å². The molecule has 47 heavy (non-hydrogen) atoms. The highest BCUT2D eigenvalue weighted by molar-refractivity contribution is 6.10. The van der Waals surface area contributed by atoms with E-state index in [-0.39, 0.29) is 24.6 Å². The summed E-state index contributed by atoms with van der Waals surface area (Å²) in [5, 5.41) is 0. The molecule has 0 saturated heterocycles. The molecule has 3 rings (SSSR count). The van der Waals surface area contributed by atoms with E-state index in [9.17, 15) is 9.59 Å². The van der Waals surface area contributed by atoms with E-state index in [1.165, 1.54) is 12.2 Å². The van der Waals surface area contributed by atoms with Crippen molar-refractivity contribution in [2.75, 3.05) is 26.4 Å². The second-order valence-corrected chi connectivity index (χ2v) is 10.6. The molecule has 3 aromatic rings. The molecule has 0 aliphatic carbocycles. The van der Waals surface area contributed by atoms with E-state index in [2.05, 4.69) is 20.1 Å². The molecule has 0 unspecified atom stereocenters. The Hall–Kier alpha value is -5.14. The van der Waals surface area contributed by atoms with Crippen molar-refractivity contribution < 1.29 is 28.5 Å². The lowest BCUT2D eigenvalue weighted by Crippen LogP contribution is -2.07. The van der Waals surface area contributed by atoms with Crippen molar-refractivity contribution in [3.8, 4) is 23.0 Å². The molecule has 0 saturated carbocycles. The number of unbranched alkanes of at least 4 members (excludes halogenated alkanes) is 1. The molecule has 0 aromatic heterocycles. The van der Waals surface area contributed by atoms with Gasteiger partial charge in [-0.1, -0.05) is 99.3 Å². The van der Waals surface area contributed by atoms with Crippen LogP contribution in [0.25, 0.3) is 12.2 Å². The Labute approximate surface area is 278 Å². The van der Waals surface area contributed by atoms with Crippen LogP contribution in [0.15, 0.2) is 116 Å². The van der Waals surface area contributed by atoms with E-state index < -0.39 is 0 Å². The highest BCUT2D eigenvalue weighted by Gasteiger charge is 2.10. The molecule has 0 bridgehead atoms. The van der Waals surface area contributed by atoms with Gasteiger partial charge in [0.2, 0.25) is 0 Å². The zero-order chi connectivity index (χ0) is 33.7. The summed E-state index contributed by atoms with van der Waals surface area (Å²) in [5.74, 6) is 1.69. The zero-order valence-corrected chi connectivity index (χ0v) is 27.2. The summed E-state index contributed by atoms with van der Waals surface area (Å²) < 4.78 is 23.9. The van der Waals surface area contributed by atoms with E-state index in [0.29, 0.717) is 49.4 Å². The second-order valence-electron chi connectivity index (χ2n) is 10.6. The molecule has 2 N–H and O–H groups in total. The third-order valence-corrected chi connectivity index (χ3v) is 6.79. The van der Waals surface area contributed by atoms with E-state index in [1.54, 1.807) is 30.4 Å². The number of ketones is 2. The maximum absolute atomic E-state index is 12.7. The van der Waals surface area contributed by atoms with E-state index in [4.69, 9.17) is 24.7 Å². The van der Waals surface area contributed by atoms with Crippen LogP contribution in [0.4, 0.5) is 0 Å². The van der Waals surface area contributed by atoms with Crippen LogP contribution in [0.1, 0.15) is 49.3 Å². The minimum absolute atomic E-state index is 0.263. The molecule has 0 spiro atoms. The third-order valence-electron chi connectivity index (χ3n) is 6.79. The van der Waals surface area contributed by atoms with E-state index in [1.807, 2.05) is 66.7 Å². The van der Waals surface area contributed by atoms with Gasteiger partial charge in [-0.05, 0) is 78.1 Å². The van der Waals surface area contributed by atoms with Crippen LogP contribution in [-0.4, -0.2) is 37.9 Å². The first-order valence-corrected chi connectivity index (χ1v) is 15.8. The van der Waals surface area contributed by atoms with Gasteiger partial charge in [0, 0.05) is 0 Å². The number of nitrogens with two attached hydrogens (primary N) is 1. The van der Waals surface area contributed by atoms with Gasteiger partial charge in [-0.2, -0.15) is 0 Å². The average molecular weight is 636 g/mol. The molecule has 0 aliphatic rings. The number of benzene rings is 3. The molecular weight excluding hydrogens is 590 g/mol. The number of allylic oxidation sites excluding steroid dienone is 4. The number of carbonyl (C=O) groups excluding carboxylic acids is 2. The molecule has 0 fully saturated rings. The summed E-state index contributed by atoms with van der Waals surface area (Å²) >= 11 is 0. The van der Waals surface area contributed by atoms with Crippen molar-refractivity contribution in [3.05, 3.63) is 133 Å². The van der Waals surface area contributed by atoms with Crippen LogP contribution in [0.3, 0.4) is 0 Å². The molecule has 7 nitrogen and oxygen atoms in total. The largest absolute Gasteiger partial charge is 0.490 e. The van der Waals surface area contributed by atoms with Crippen LogP contribution in [0.5, 0.6) is 23.0 Å². The van der Waals surface area contributed by atoms with Gasteiger partial charge in [0.25, 0.3) is 0 Å². The molecular formula is C40H45NO6. The molecule has 0 aliphatic heterocycles. The Morgan fingerprint density at radius 2 is 1.34 bits per heavy atom. The van der Waals surface area contributed by atoms with Crippen molar-refractivity contribution in [2.45, 2.75) is 39.2 Å². The SMILES string of the molecule is C=C/C=C(\C=C)COc1cc(/C=C/C(=O)CC(=O)/C=C/c2ccc(OCCCN)c(OCc3ccccc3)c2)ccc1OCCCC. The molecule has 0 atom stereocenters. The first kappa shape index (κ1) is 36.3. The van der Waals surface area contributed by atoms with Crippen molar-refractivity contribution in [2.24, 2.45) is 5.73 Å². The Morgan fingerprint density at radius 1 is 0.745 bits per heavy atom. The molecule has 0 amide bonds. The first-order chi connectivity index (χ1) is 22.9. The Kier molecular flexibility index (Phi) is 16.1. The minimum atomic E-state index is -0.316. The van der Waals surface area contributed by atoms with Gasteiger partial charge >= 0.3 is 0 Å². The Balaban J connectivity index is 1.65. The number of hydrogen-bond donors (Lipinski definition) is 1. The minimum Gasteiger partial charge on any atom is -0.490 e. The number of rotatable bonds is 22. The van der Waals surface area contributed by atoms with Gasteiger partial charge < -0.3 is 24.7 Å². The predicted molar refractivity (Wildman–Crippen MR) is 190 cm³/mol. The summed E-state index contributed by atoms with van der Waals surface area (Å²) in [7, 11) is 0. The summed E-state index contributed by atoms with van der Waals surface area (Å²) in [6, 6.07) is 20.7. The van der Waals surface area contributed by atoms with Crippen molar-refractivity contribution in [1.82, 2.24) is 0 Å². The molecule has 3 aromatic carbocycles. The van der Waals surface area contributed by atoms with Crippen molar-refractivity contribution in [1.29, 1.82) is 0 Å². The Bertz CT molecular complexity index is 1550. The molecule has 7 heteroatoms. The van der Waals surface area contributed by atoms with Crippen LogP contribution >= 0.6 is 0 Å². The lowest BCUT2D eigenvalue weighted by molar-refractivity contribution is -0.121. The van der Waals surface area contributed by atoms with Gasteiger partial charge in [0.05, 0.1) is 19.6 Å². The average Bonchev–Trinajstić information content (AvgIpc) is 3.09. The molecule has 0 heterocycles. The predicted octanol–water partition coefficient (Wildman–Crippen LogP) is 8.10. The summed E-state index contributed by atoms with van der Waals surface area (Å²) in [6.07, 6.45) is 13.7. The first-order valence-electron chi connectivity index (χ1n) is 15.8. The van der Waals surface area contributed by atoms with Crippen LogP contribution in [0.2, 0.25) is 0 Å². The summed E-state index contributed by atoms with van der Waals surface area (Å²) in [5.41, 5.74) is 8.97. The van der Waals surface area contributed by atoms with Gasteiger partial charge in [-0.3, -0.25) is 9.59 Å². The zero-order valence-electron chi connectivity index (χ0n) is 27.2. The van der Waals surface area contributed by atoms with Gasteiger partial charge in [-0.15, -0.1) is 0 Å². The standard InChI is InChI=1S/C40H45NO6/c1-4-7-24-44-37-21-17-32(26-39(37)46-29-31(6-3)12-5-2)15-19-35(42)28-36(43)20-16-33-18-22-38(45-25-11-23-41)40(27-33)47-30-34-13-9-8-10-14-34/h5-6,8-10,12-22,26-27H,2-4,7,11,23-25,28-30,41H2,1H3/b19-15+,20-16+,31-12+. The number of carbonyl (C=O) groups is 2. The van der Waals surface area contributed by atoms with Crippen LogP contribution < -0.4 is 24.7 Å². The second kappa shape index (κ2) is 20.8. The van der Waals surface area contributed by atoms with Crippen molar-refractivity contribution in [3.63, 3.8) is 0 Å². The summed E-state index contributed by atoms with van der Waals surface area (Å²) in [4.78, 5) is 25.3. The monoisotopic (exact) mass is 635 g/mol. The summed E-state index contributed by atoms with van der Waals surface area (Å²) in [6.45, 7) is 11.8. The third kappa shape index (κ3) is 13.4. The van der Waals surface area contributed by atoms with Gasteiger partial charge in [0.15, 0.2) is 34.6 Å². The van der Waals surface area contributed by atoms with Gasteiger partial charge in [0.1, 0.15) is 13.2 Å². The topological polar surface area (TPSA) is 97.1 Å². The lowest BCUT2D eigenvalue weighted by Gasteiger charge is -2.14. The maximum Gasteiger partial charge on any atom is 0.163 e. The quantitative estimate of drug-likeness (QED) is 0.0516. The van der Waals surface area contributed by atoms with Crippen molar-refractivity contribution >= 4 is 23.7 Å². The van der Waals surface area contributed by atoms with E-state index >= 15 is 0 Å².